The molecule has 200 valence electrons. The Balaban J connectivity index is 1.51. The minimum atomic E-state index is -0.140. The molecule has 1 unspecified atom stereocenters. The van der Waals surface area contributed by atoms with Crippen LogP contribution in [0.15, 0.2) is 84.9 Å². The van der Waals surface area contributed by atoms with Gasteiger partial charge in [-0.25, -0.2) is 4.98 Å². The Morgan fingerprint density at radius 2 is 1.72 bits per heavy atom. The van der Waals surface area contributed by atoms with Crippen LogP contribution in [0.4, 0.5) is 5.69 Å². The SMILES string of the molecule is CCc1cccc(C)c1N(C(=O)Cn1c(COc2cccc3ccccc23)nc2ccccc21)C(C)COC. The third kappa shape index (κ3) is 5.38. The van der Waals surface area contributed by atoms with Crippen LogP contribution in [0.3, 0.4) is 0 Å². The maximum atomic E-state index is 14.2. The Bertz CT molecular complexity index is 1600. The Labute approximate surface area is 229 Å². The van der Waals surface area contributed by atoms with E-state index in [1.165, 1.54) is 0 Å². The molecule has 0 aliphatic carbocycles. The van der Waals surface area contributed by atoms with Gasteiger partial charge in [0.15, 0.2) is 0 Å². The van der Waals surface area contributed by atoms with Crippen molar-refractivity contribution < 1.29 is 14.3 Å². The van der Waals surface area contributed by atoms with Crippen molar-refractivity contribution in [3.05, 3.63) is 102 Å². The molecule has 0 saturated carbocycles. The average Bonchev–Trinajstić information content (AvgIpc) is 3.30. The summed E-state index contributed by atoms with van der Waals surface area (Å²) < 4.78 is 13.8. The van der Waals surface area contributed by atoms with E-state index >= 15 is 0 Å². The zero-order valence-corrected chi connectivity index (χ0v) is 23.1. The van der Waals surface area contributed by atoms with Gasteiger partial charge >= 0.3 is 0 Å². The third-order valence-electron chi connectivity index (χ3n) is 7.19. The van der Waals surface area contributed by atoms with E-state index in [0.29, 0.717) is 12.4 Å². The van der Waals surface area contributed by atoms with Crippen LogP contribution in [0.5, 0.6) is 5.75 Å². The number of carbonyl (C=O) groups excluding carboxylic acids is 1. The molecular formula is C33H35N3O3. The first kappa shape index (κ1) is 26.4. The van der Waals surface area contributed by atoms with Crippen molar-refractivity contribution in [3.8, 4) is 5.75 Å². The summed E-state index contributed by atoms with van der Waals surface area (Å²) in [5, 5.41) is 2.16. The summed E-state index contributed by atoms with van der Waals surface area (Å²) in [6.45, 7) is 7.03. The highest BCUT2D eigenvalue weighted by Crippen LogP contribution is 2.30. The molecule has 39 heavy (non-hydrogen) atoms. The zero-order chi connectivity index (χ0) is 27.4. The summed E-state index contributed by atoms with van der Waals surface area (Å²) in [4.78, 5) is 20.9. The van der Waals surface area contributed by atoms with Crippen molar-refractivity contribution >= 4 is 33.4 Å². The Morgan fingerprint density at radius 3 is 2.54 bits per heavy atom. The lowest BCUT2D eigenvalue weighted by molar-refractivity contribution is -0.119. The highest BCUT2D eigenvalue weighted by Gasteiger charge is 2.27. The molecular weight excluding hydrogens is 486 g/mol. The molecule has 1 amide bonds. The van der Waals surface area contributed by atoms with Gasteiger partial charge in [-0.15, -0.1) is 0 Å². The second kappa shape index (κ2) is 11.7. The summed E-state index contributed by atoms with van der Waals surface area (Å²) in [5.74, 6) is 1.48. The van der Waals surface area contributed by atoms with E-state index in [1.807, 2.05) is 71.0 Å². The number of methoxy groups -OCH3 is 1. The van der Waals surface area contributed by atoms with Gasteiger partial charge in [-0.3, -0.25) is 4.79 Å². The average molecular weight is 522 g/mol. The zero-order valence-electron chi connectivity index (χ0n) is 23.1. The van der Waals surface area contributed by atoms with Crippen molar-refractivity contribution in [1.29, 1.82) is 0 Å². The normalized spacial score (nSPS) is 12.1. The van der Waals surface area contributed by atoms with Crippen molar-refractivity contribution in [3.63, 3.8) is 0 Å². The van der Waals surface area contributed by atoms with Crippen molar-refractivity contribution in [2.24, 2.45) is 0 Å². The molecule has 6 nitrogen and oxygen atoms in total. The number of amides is 1. The van der Waals surface area contributed by atoms with E-state index in [9.17, 15) is 4.79 Å². The van der Waals surface area contributed by atoms with Crippen LogP contribution in [0.25, 0.3) is 21.8 Å². The fourth-order valence-electron chi connectivity index (χ4n) is 5.34. The Kier molecular flexibility index (Phi) is 7.94. The first-order chi connectivity index (χ1) is 19.0. The highest BCUT2D eigenvalue weighted by molar-refractivity contribution is 5.96. The monoisotopic (exact) mass is 521 g/mol. The maximum absolute atomic E-state index is 14.2. The van der Waals surface area contributed by atoms with E-state index in [2.05, 4.69) is 44.2 Å². The molecule has 0 fully saturated rings. The van der Waals surface area contributed by atoms with Gasteiger partial charge in [0.25, 0.3) is 0 Å². The summed E-state index contributed by atoms with van der Waals surface area (Å²) in [6, 6.07) is 28.2. The van der Waals surface area contributed by atoms with Gasteiger partial charge in [0.05, 0.1) is 29.4 Å². The lowest BCUT2D eigenvalue weighted by Crippen LogP contribution is -2.44. The predicted molar refractivity (Wildman–Crippen MR) is 157 cm³/mol. The first-order valence-corrected chi connectivity index (χ1v) is 13.5. The summed E-state index contributed by atoms with van der Waals surface area (Å²) in [6.07, 6.45) is 0.832. The third-order valence-corrected chi connectivity index (χ3v) is 7.19. The van der Waals surface area contributed by atoms with Gasteiger partial charge in [-0.05, 0) is 55.0 Å². The number of fused-ring (bicyclic) bond motifs is 2. The number of carbonyl (C=O) groups is 1. The van der Waals surface area contributed by atoms with E-state index in [-0.39, 0.29) is 25.1 Å². The number of anilines is 1. The number of aromatic nitrogens is 2. The van der Waals surface area contributed by atoms with Crippen LogP contribution < -0.4 is 9.64 Å². The number of hydrogen-bond donors (Lipinski definition) is 0. The summed E-state index contributed by atoms with van der Waals surface area (Å²) in [7, 11) is 1.67. The minimum Gasteiger partial charge on any atom is -0.485 e. The number of hydrogen-bond acceptors (Lipinski definition) is 4. The van der Waals surface area contributed by atoms with Gasteiger partial charge in [0.1, 0.15) is 24.7 Å². The van der Waals surface area contributed by atoms with Crippen molar-refractivity contribution in [2.45, 2.75) is 46.4 Å². The molecule has 1 heterocycles. The lowest BCUT2D eigenvalue weighted by Gasteiger charge is -2.32. The number of imidazole rings is 1. The molecule has 5 rings (SSSR count). The molecule has 0 N–H and O–H groups in total. The van der Waals surface area contributed by atoms with Gasteiger partial charge in [0, 0.05) is 12.5 Å². The Hall–Kier alpha value is -4.16. The van der Waals surface area contributed by atoms with E-state index in [1.54, 1.807) is 7.11 Å². The molecule has 0 bridgehead atoms. The van der Waals surface area contributed by atoms with Crippen LogP contribution in [-0.2, 0) is 29.1 Å². The number of ether oxygens (including phenoxy) is 2. The van der Waals surface area contributed by atoms with Gasteiger partial charge in [-0.1, -0.05) is 73.7 Å². The highest BCUT2D eigenvalue weighted by atomic mass is 16.5. The second-order valence-electron chi connectivity index (χ2n) is 9.87. The smallest absolute Gasteiger partial charge is 0.247 e. The molecule has 4 aromatic carbocycles. The fraction of sp³-hybridized carbons (Fsp3) is 0.273. The molecule has 0 radical (unpaired) electrons. The maximum Gasteiger partial charge on any atom is 0.247 e. The first-order valence-electron chi connectivity index (χ1n) is 13.5. The molecule has 0 spiro atoms. The topological polar surface area (TPSA) is 56.6 Å². The number of benzene rings is 4. The van der Waals surface area contributed by atoms with E-state index in [0.717, 1.165) is 50.8 Å². The van der Waals surface area contributed by atoms with Crippen LogP contribution >= 0.6 is 0 Å². The fourth-order valence-corrected chi connectivity index (χ4v) is 5.34. The lowest BCUT2D eigenvalue weighted by atomic mass is 10.0. The summed E-state index contributed by atoms with van der Waals surface area (Å²) in [5.41, 5.74) is 4.92. The minimum absolute atomic E-state index is 0.0156. The molecule has 1 atom stereocenters. The summed E-state index contributed by atoms with van der Waals surface area (Å²) >= 11 is 0. The van der Waals surface area contributed by atoms with E-state index < -0.39 is 0 Å². The van der Waals surface area contributed by atoms with Gasteiger partial charge in [0.2, 0.25) is 5.91 Å². The molecule has 0 aliphatic heterocycles. The van der Waals surface area contributed by atoms with Gasteiger partial charge in [-0.2, -0.15) is 0 Å². The molecule has 6 heteroatoms. The number of para-hydroxylation sites is 3. The van der Waals surface area contributed by atoms with Crippen LogP contribution in [0.2, 0.25) is 0 Å². The molecule has 5 aromatic rings. The second-order valence-corrected chi connectivity index (χ2v) is 9.87. The van der Waals surface area contributed by atoms with Crippen LogP contribution in [-0.4, -0.2) is 35.2 Å². The van der Waals surface area contributed by atoms with Crippen LogP contribution in [0, 0.1) is 6.92 Å². The Morgan fingerprint density at radius 1 is 0.974 bits per heavy atom. The quantitative estimate of drug-likeness (QED) is 0.205. The molecule has 0 aliphatic rings. The van der Waals surface area contributed by atoms with Crippen LogP contribution in [0.1, 0.15) is 30.8 Å². The number of nitrogens with zero attached hydrogens (tertiary/aromatic N) is 3. The van der Waals surface area contributed by atoms with Gasteiger partial charge < -0.3 is 18.9 Å². The van der Waals surface area contributed by atoms with E-state index in [4.69, 9.17) is 14.5 Å². The molecule has 1 aromatic heterocycles. The molecule has 0 saturated heterocycles. The number of aryl methyl sites for hydroxylation is 2. The predicted octanol–water partition coefficient (Wildman–Crippen LogP) is 6.71. The van der Waals surface area contributed by atoms with Crippen molar-refractivity contribution in [1.82, 2.24) is 9.55 Å². The number of rotatable bonds is 10. The largest absolute Gasteiger partial charge is 0.485 e. The van der Waals surface area contributed by atoms with Crippen molar-refractivity contribution in [2.75, 3.05) is 18.6 Å². The standard InChI is InChI=1S/C33H35N3O3/c1-5-25-14-10-12-23(2)33(25)36(24(3)21-38-4)32(37)20-35-29-18-9-8-17-28(29)34-31(35)22-39-30-19-11-15-26-13-6-7-16-27(26)30/h6-19,24H,5,20-22H2,1-4H3.